The van der Waals surface area contributed by atoms with Gasteiger partial charge in [-0.1, -0.05) is 57.0 Å². The maximum absolute atomic E-state index is 13.5. The van der Waals surface area contributed by atoms with Gasteiger partial charge in [0.1, 0.15) is 12.2 Å². The van der Waals surface area contributed by atoms with Crippen molar-refractivity contribution in [2.24, 2.45) is 17.3 Å². The molecular weight excluding hydrogens is 552 g/mol. The molecule has 1 saturated heterocycles. The fourth-order valence-electron chi connectivity index (χ4n) is 7.73. The number of fused-ring (bicyclic) bond motifs is 1. The second-order valence-electron chi connectivity index (χ2n) is 13.0. The van der Waals surface area contributed by atoms with Gasteiger partial charge in [-0.15, -0.1) is 0 Å². The number of benzene rings is 1. The Morgan fingerprint density at radius 2 is 1.60 bits per heavy atom. The minimum Gasteiger partial charge on any atom is -0.458 e. The Morgan fingerprint density at radius 1 is 0.930 bits per heavy atom. The summed E-state index contributed by atoms with van der Waals surface area (Å²) < 4.78 is 31.2. The summed E-state index contributed by atoms with van der Waals surface area (Å²) in [6.07, 6.45) is 2.84. The molecule has 43 heavy (non-hydrogen) atoms. The van der Waals surface area contributed by atoms with Crippen LogP contribution in [0, 0.1) is 17.3 Å². The first-order valence-corrected chi connectivity index (χ1v) is 15.4. The first-order chi connectivity index (χ1) is 20.2. The molecule has 236 valence electrons. The molecule has 9 nitrogen and oxygen atoms in total. The molecule has 9 heteroatoms. The van der Waals surface area contributed by atoms with Crippen LogP contribution in [-0.4, -0.2) is 59.5 Å². The molecule has 0 N–H and O–H groups in total. The van der Waals surface area contributed by atoms with Gasteiger partial charge in [-0.2, -0.15) is 0 Å². The van der Waals surface area contributed by atoms with Crippen LogP contribution in [-0.2, 0) is 42.9 Å². The van der Waals surface area contributed by atoms with Crippen molar-refractivity contribution in [2.75, 3.05) is 0 Å². The van der Waals surface area contributed by atoms with Crippen molar-refractivity contribution < 1.29 is 42.9 Å². The summed E-state index contributed by atoms with van der Waals surface area (Å²) in [5, 5.41) is 0. The molecular formula is C34H46O9. The van der Waals surface area contributed by atoms with Crippen molar-refractivity contribution in [2.45, 2.75) is 123 Å². The molecule has 0 amide bonds. The van der Waals surface area contributed by atoms with E-state index in [4.69, 9.17) is 23.7 Å². The normalized spacial score (nSPS) is 34.2. The molecule has 4 rings (SSSR count). The minimum absolute atomic E-state index is 0.179. The van der Waals surface area contributed by atoms with Crippen molar-refractivity contribution in [1.82, 2.24) is 0 Å². The number of carbonyl (C=O) groups is 4. The van der Waals surface area contributed by atoms with Crippen LogP contribution in [0.1, 0.15) is 92.6 Å². The lowest BCUT2D eigenvalue weighted by atomic mass is 9.49. The van der Waals surface area contributed by atoms with E-state index in [0.29, 0.717) is 19.3 Å². The summed E-state index contributed by atoms with van der Waals surface area (Å²) in [5.41, 5.74) is -2.13. The van der Waals surface area contributed by atoms with Crippen LogP contribution in [0.3, 0.4) is 0 Å². The first kappa shape index (κ1) is 32.7. The van der Waals surface area contributed by atoms with Gasteiger partial charge in [-0.05, 0) is 57.6 Å². The van der Waals surface area contributed by atoms with Crippen molar-refractivity contribution in [3.8, 4) is 0 Å². The Hall–Kier alpha value is -3.20. The molecule has 0 radical (unpaired) electrons. The zero-order chi connectivity index (χ0) is 31.6. The van der Waals surface area contributed by atoms with E-state index in [1.54, 1.807) is 6.08 Å². The van der Waals surface area contributed by atoms with Gasteiger partial charge in [0.15, 0.2) is 12.2 Å². The summed E-state index contributed by atoms with van der Waals surface area (Å²) in [7, 11) is 0. The number of ether oxygens (including phenoxy) is 5. The van der Waals surface area contributed by atoms with Crippen LogP contribution < -0.4 is 0 Å². The molecule has 2 bridgehead atoms. The number of carbonyl (C=O) groups excluding carboxylic acids is 4. The first-order valence-electron chi connectivity index (χ1n) is 15.4. The quantitative estimate of drug-likeness (QED) is 0.147. The summed E-state index contributed by atoms with van der Waals surface area (Å²) in [6, 6.07) is 9.32. The summed E-state index contributed by atoms with van der Waals surface area (Å²) in [4.78, 5) is 51.6. The molecule has 1 heterocycles. The lowest BCUT2D eigenvalue weighted by Crippen LogP contribution is -2.74. The molecule has 8 atom stereocenters. The molecule has 2 aliphatic carbocycles. The van der Waals surface area contributed by atoms with E-state index in [1.165, 1.54) is 19.9 Å². The van der Waals surface area contributed by atoms with E-state index >= 15 is 0 Å². The molecule has 3 aliphatic rings. The molecule has 1 aliphatic heterocycles. The fraction of sp³-hybridized carbons (Fsp3) is 0.647. The van der Waals surface area contributed by atoms with Crippen LogP contribution in [0.2, 0.25) is 0 Å². The Labute approximate surface area is 254 Å². The van der Waals surface area contributed by atoms with Crippen LogP contribution in [0.4, 0.5) is 0 Å². The van der Waals surface area contributed by atoms with Crippen LogP contribution in [0.15, 0.2) is 36.4 Å². The third-order valence-electron chi connectivity index (χ3n) is 9.69. The van der Waals surface area contributed by atoms with Crippen molar-refractivity contribution in [1.29, 1.82) is 0 Å². The average Bonchev–Trinajstić information content (AvgIpc) is 3.20. The Kier molecular flexibility index (Phi) is 9.74. The van der Waals surface area contributed by atoms with Gasteiger partial charge in [0.05, 0.1) is 16.6 Å². The smallest absolute Gasteiger partial charge is 0.331 e. The molecule has 1 spiro atoms. The largest absolute Gasteiger partial charge is 0.458 e. The number of unbranched alkanes of at least 4 members (excludes halogenated alkanes) is 2. The highest BCUT2D eigenvalue weighted by atomic mass is 16.6. The molecule has 1 aromatic rings. The molecule has 8 unspecified atom stereocenters. The maximum atomic E-state index is 13.5. The second kappa shape index (κ2) is 12.8. The van der Waals surface area contributed by atoms with Gasteiger partial charge in [0.2, 0.25) is 0 Å². The van der Waals surface area contributed by atoms with Gasteiger partial charge in [0.25, 0.3) is 0 Å². The van der Waals surface area contributed by atoms with Gasteiger partial charge in [-0.25, -0.2) is 4.79 Å². The minimum atomic E-state index is -1.24. The lowest BCUT2D eigenvalue weighted by Gasteiger charge is -2.62. The Balaban J connectivity index is 1.80. The summed E-state index contributed by atoms with van der Waals surface area (Å²) in [5.74, 6) is -2.61. The predicted octanol–water partition coefficient (Wildman–Crippen LogP) is 5.58. The Bertz CT molecular complexity index is 1220. The number of hydrogen-bond acceptors (Lipinski definition) is 9. The van der Waals surface area contributed by atoms with Crippen molar-refractivity contribution in [3.05, 3.63) is 42.0 Å². The van der Waals surface area contributed by atoms with Gasteiger partial charge in [-0.3, -0.25) is 14.4 Å². The Morgan fingerprint density at radius 3 is 2.23 bits per heavy atom. The van der Waals surface area contributed by atoms with Gasteiger partial charge in [0, 0.05) is 32.3 Å². The number of rotatable bonds is 10. The molecule has 3 fully saturated rings. The molecule has 2 saturated carbocycles. The fourth-order valence-corrected chi connectivity index (χ4v) is 7.73. The zero-order valence-corrected chi connectivity index (χ0v) is 26.4. The predicted molar refractivity (Wildman–Crippen MR) is 158 cm³/mol. The van der Waals surface area contributed by atoms with Gasteiger partial charge < -0.3 is 23.7 Å². The summed E-state index contributed by atoms with van der Waals surface area (Å²) >= 11 is 0. The third kappa shape index (κ3) is 6.37. The standard InChI is InChI=1S/C34H46O9/c1-8-9-11-16-27(37)41-26-19-21(2)34-20-25(32(5,6)43-34)29(39-22(3)35)31(33(34,7)30(26)40-23(4)36)42-28(38)18-17-24-14-12-10-13-15-24/h10,12-15,17-18,21,25-26,29-31H,8-9,11,16,19-20H2,1-7H3. The highest BCUT2D eigenvalue weighted by Gasteiger charge is 2.78. The van der Waals surface area contributed by atoms with Gasteiger partial charge >= 0.3 is 23.9 Å². The van der Waals surface area contributed by atoms with Crippen LogP contribution in [0.25, 0.3) is 6.08 Å². The number of esters is 4. The van der Waals surface area contributed by atoms with E-state index in [9.17, 15) is 19.2 Å². The van der Waals surface area contributed by atoms with E-state index in [2.05, 4.69) is 6.92 Å². The van der Waals surface area contributed by atoms with E-state index < -0.39 is 58.9 Å². The topological polar surface area (TPSA) is 114 Å². The lowest BCUT2D eigenvalue weighted by molar-refractivity contribution is -0.294. The van der Waals surface area contributed by atoms with Crippen molar-refractivity contribution >= 4 is 30.0 Å². The van der Waals surface area contributed by atoms with Crippen molar-refractivity contribution in [3.63, 3.8) is 0 Å². The number of hydrogen-bond donors (Lipinski definition) is 0. The van der Waals surface area contributed by atoms with Crippen LogP contribution >= 0.6 is 0 Å². The van der Waals surface area contributed by atoms with E-state index in [0.717, 1.165) is 18.4 Å². The van der Waals surface area contributed by atoms with E-state index in [-0.39, 0.29) is 24.2 Å². The molecule has 0 aromatic heterocycles. The zero-order valence-electron chi connectivity index (χ0n) is 26.4. The van der Waals surface area contributed by atoms with E-state index in [1.807, 2.05) is 58.0 Å². The average molecular weight is 599 g/mol. The maximum Gasteiger partial charge on any atom is 0.331 e. The second-order valence-corrected chi connectivity index (χ2v) is 13.0. The van der Waals surface area contributed by atoms with Crippen LogP contribution in [0.5, 0.6) is 0 Å². The third-order valence-corrected chi connectivity index (χ3v) is 9.69. The molecule has 1 aromatic carbocycles. The SMILES string of the molecule is CCCCCC(=O)OC1CC(C)C23CC(C(OC(C)=O)C(OC(=O)C=Cc4ccccc4)C2(C)C1OC(C)=O)C(C)(C)O3. The highest BCUT2D eigenvalue weighted by Crippen LogP contribution is 2.67. The highest BCUT2D eigenvalue weighted by molar-refractivity contribution is 5.87. The summed E-state index contributed by atoms with van der Waals surface area (Å²) in [6.45, 7) is 12.4. The monoisotopic (exact) mass is 598 g/mol.